The van der Waals surface area contributed by atoms with Crippen LogP contribution in [0.4, 0.5) is 0 Å². The highest BCUT2D eigenvalue weighted by atomic mass is 16.5. The molecular weight excluding hydrogens is 512 g/mol. The Labute approximate surface area is 240 Å². The fraction of sp³-hybridized carbons (Fsp3) is 0.286. The van der Waals surface area contributed by atoms with Crippen LogP contribution < -0.4 is 0 Å². The molecule has 5 aromatic rings. The van der Waals surface area contributed by atoms with Crippen LogP contribution in [-0.4, -0.2) is 22.9 Å². The normalized spacial score (nSPS) is 14.5. The van der Waals surface area contributed by atoms with Crippen LogP contribution in [0, 0.1) is 6.92 Å². The lowest BCUT2D eigenvalue weighted by Crippen LogP contribution is -2.15. The average Bonchev–Trinajstić information content (AvgIpc) is 3.43. The molecule has 0 spiro atoms. The van der Waals surface area contributed by atoms with Gasteiger partial charge in [-0.2, -0.15) is 0 Å². The smallest absolute Gasteiger partial charge is 0.306 e. The number of rotatable bonds is 10. The van der Waals surface area contributed by atoms with Gasteiger partial charge >= 0.3 is 5.97 Å². The molecule has 2 heterocycles. The molecule has 1 saturated carbocycles. The van der Waals surface area contributed by atoms with Gasteiger partial charge in [0.1, 0.15) is 11.5 Å². The van der Waals surface area contributed by atoms with Crippen LogP contribution in [0.15, 0.2) is 94.0 Å². The highest BCUT2D eigenvalue weighted by Gasteiger charge is 2.46. The largest absolute Gasteiger partial charge is 0.466 e. The van der Waals surface area contributed by atoms with Gasteiger partial charge in [0, 0.05) is 34.1 Å². The van der Waals surface area contributed by atoms with Gasteiger partial charge in [-0.3, -0.25) is 4.79 Å². The quantitative estimate of drug-likeness (QED) is 0.164. The molecule has 0 amide bonds. The summed E-state index contributed by atoms with van der Waals surface area (Å²) in [5.74, 6) is 1.62. The van der Waals surface area contributed by atoms with E-state index in [2.05, 4.69) is 65.8 Å². The summed E-state index contributed by atoms with van der Waals surface area (Å²) in [6.07, 6.45) is 3.24. The van der Waals surface area contributed by atoms with E-state index in [0.29, 0.717) is 13.0 Å². The Kier molecular flexibility index (Phi) is 7.31. The van der Waals surface area contributed by atoms with Gasteiger partial charge in [0.25, 0.3) is 0 Å². The van der Waals surface area contributed by atoms with Crippen molar-refractivity contribution in [3.8, 4) is 33.7 Å². The van der Waals surface area contributed by atoms with E-state index < -0.39 is 0 Å². The lowest BCUT2D eigenvalue weighted by molar-refractivity contribution is -0.143. The number of carbonyl (C=O) groups excluding carboxylic acids is 1. The first-order chi connectivity index (χ1) is 20.0. The monoisotopic (exact) mass is 546 g/mol. The first kappa shape index (κ1) is 26.8. The zero-order valence-corrected chi connectivity index (χ0v) is 23.7. The summed E-state index contributed by atoms with van der Waals surface area (Å²) in [5, 5.41) is 8.58. The number of carbonyl (C=O) groups is 1. The van der Waals surface area contributed by atoms with E-state index in [9.17, 15) is 4.79 Å². The lowest BCUT2D eigenvalue weighted by Gasteiger charge is -2.15. The minimum Gasteiger partial charge on any atom is -0.466 e. The first-order valence-electron chi connectivity index (χ1n) is 14.3. The zero-order chi connectivity index (χ0) is 28.4. The van der Waals surface area contributed by atoms with Crippen molar-refractivity contribution in [2.75, 3.05) is 6.61 Å². The van der Waals surface area contributed by atoms with Crippen LogP contribution >= 0.6 is 0 Å². The Morgan fingerprint density at radius 3 is 2.20 bits per heavy atom. The molecule has 0 radical (unpaired) electrons. The van der Waals surface area contributed by atoms with Gasteiger partial charge in [0.05, 0.1) is 18.7 Å². The maximum atomic E-state index is 12.1. The van der Waals surface area contributed by atoms with Crippen molar-refractivity contribution in [3.05, 3.63) is 108 Å². The molecule has 41 heavy (non-hydrogen) atoms. The predicted molar refractivity (Wildman–Crippen MR) is 158 cm³/mol. The number of nitrogens with zero attached hydrogens (tertiary/aromatic N) is 2. The van der Waals surface area contributed by atoms with Crippen molar-refractivity contribution in [3.63, 3.8) is 0 Å². The third-order valence-electron chi connectivity index (χ3n) is 8.20. The maximum absolute atomic E-state index is 12.1. The molecule has 1 atom stereocenters. The summed E-state index contributed by atoms with van der Waals surface area (Å²) in [5.41, 5.74) is 8.23. The Morgan fingerprint density at radius 1 is 0.878 bits per heavy atom. The van der Waals surface area contributed by atoms with E-state index in [1.807, 2.05) is 50.2 Å². The minimum absolute atomic E-state index is 0.0544. The van der Waals surface area contributed by atoms with Crippen molar-refractivity contribution in [2.24, 2.45) is 0 Å². The number of aryl methyl sites for hydroxylation is 1. The van der Waals surface area contributed by atoms with Crippen LogP contribution in [0.25, 0.3) is 33.7 Å². The van der Waals surface area contributed by atoms with Crippen molar-refractivity contribution >= 4 is 5.97 Å². The van der Waals surface area contributed by atoms with Gasteiger partial charge in [0.2, 0.25) is 0 Å². The molecule has 208 valence electrons. The molecule has 0 N–H and O–H groups in total. The van der Waals surface area contributed by atoms with E-state index in [4.69, 9.17) is 13.8 Å². The fourth-order valence-corrected chi connectivity index (χ4v) is 5.57. The number of ether oxygens (including phenoxy) is 1. The lowest BCUT2D eigenvalue weighted by atomic mass is 9.90. The van der Waals surface area contributed by atoms with Crippen LogP contribution in [0.3, 0.4) is 0 Å². The molecule has 0 aliphatic heterocycles. The van der Waals surface area contributed by atoms with Crippen LogP contribution in [0.2, 0.25) is 0 Å². The number of aromatic nitrogens is 2. The fourth-order valence-electron chi connectivity index (χ4n) is 5.57. The summed E-state index contributed by atoms with van der Waals surface area (Å²) in [6, 6.07) is 29.1. The molecule has 6 nitrogen and oxygen atoms in total. The Balaban J connectivity index is 1.16. The van der Waals surface area contributed by atoms with Crippen molar-refractivity contribution in [1.82, 2.24) is 10.3 Å². The Hall–Kier alpha value is -4.45. The highest BCUT2D eigenvalue weighted by molar-refractivity contribution is 5.73. The molecule has 0 bridgehead atoms. The maximum Gasteiger partial charge on any atom is 0.306 e. The minimum atomic E-state index is -0.112. The number of benzene rings is 3. The van der Waals surface area contributed by atoms with E-state index in [-0.39, 0.29) is 17.3 Å². The highest BCUT2D eigenvalue weighted by Crippen LogP contribution is 2.51. The second kappa shape index (κ2) is 11.2. The second-order valence-electron chi connectivity index (χ2n) is 11.1. The predicted octanol–water partition coefficient (Wildman–Crippen LogP) is 8.30. The molecule has 3 aromatic carbocycles. The van der Waals surface area contributed by atoms with Crippen molar-refractivity contribution in [2.45, 2.75) is 57.8 Å². The number of hydrogen-bond acceptors (Lipinski definition) is 6. The van der Waals surface area contributed by atoms with Gasteiger partial charge in [-0.1, -0.05) is 96.1 Å². The van der Waals surface area contributed by atoms with Crippen LogP contribution in [0.1, 0.15) is 61.6 Å². The molecule has 6 heteroatoms. The topological polar surface area (TPSA) is 78.4 Å². The van der Waals surface area contributed by atoms with E-state index in [1.54, 1.807) is 0 Å². The standard InChI is InChI=1S/C35H34N2O4/c1-4-39-33(38)22-35(18-19-35)29-16-14-26(15-17-29)25-10-12-28(13-11-25)34-30(24(3)36-41-34)20-23(2)32-21-31(37-40-32)27-8-6-5-7-9-27/h5-17,21,23H,4,18-20,22H2,1-3H3. The van der Waals surface area contributed by atoms with Gasteiger partial charge in [-0.05, 0) is 49.8 Å². The molecule has 0 saturated heterocycles. The second-order valence-corrected chi connectivity index (χ2v) is 11.1. The Bertz CT molecular complexity index is 1630. The molecule has 1 aliphatic rings. The number of esters is 1. The van der Waals surface area contributed by atoms with Crippen molar-refractivity contribution < 1.29 is 18.6 Å². The van der Waals surface area contributed by atoms with Gasteiger partial charge in [-0.25, -0.2) is 0 Å². The van der Waals surface area contributed by atoms with Gasteiger partial charge in [0.15, 0.2) is 5.76 Å². The Morgan fingerprint density at radius 2 is 1.54 bits per heavy atom. The average molecular weight is 547 g/mol. The first-order valence-corrected chi connectivity index (χ1v) is 14.3. The van der Waals surface area contributed by atoms with E-state index >= 15 is 0 Å². The molecule has 6 rings (SSSR count). The molecule has 1 fully saturated rings. The van der Waals surface area contributed by atoms with Gasteiger partial charge in [-0.15, -0.1) is 0 Å². The van der Waals surface area contributed by atoms with E-state index in [1.165, 1.54) is 5.56 Å². The molecular formula is C35H34N2O4. The van der Waals surface area contributed by atoms with Crippen LogP contribution in [0.5, 0.6) is 0 Å². The summed E-state index contributed by atoms with van der Waals surface area (Å²) in [7, 11) is 0. The van der Waals surface area contributed by atoms with E-state index in [0.717, 1.165) is 70.0 Å². The SMILES string of the molecule is CCOC(=O)CC1(c2ccc(-c3ccc(-c4onc(C)c4CC(C)c4cc(-c5ccccc5)no4)cc3)cc2)CC1. The summed E-state index contributed by atoms with van der Waals surface area (Å²) in [4.78, 5) is 12.1. The molecule has 1 unspecified atom stereocenters. The number of hydrogen-bond donors (Lipinski definition) is 0. The summed E-state index contributed by atoms with van der Waals surface area (Å²) >= 11 is 0. The van der Waals surface area contributed by atoms with Crippen LogP contribution in [-0.2, 0) is 21.4 Å². The van der Waals surface area contributed by atoms with Gasteiger partial charge < -0.3 is 13.8 Å². The summed E-state index contributed by atoms with van der Waals surface area (Å²) < 4.78 is 16.7. The molecule has 2 aromatic heterocycles. The zero-order valence-electron chi connectivity index (χ0n) is 23.7. The molecule has 1 aliphatic carbocycles. The third-order valence-corrected chi connectivity index (χ3v) is 8.20. The summed E-state index contributed by atoms with van der Waals surface area (Å²) in [6.45, 7) is 6.39. The van der Waals surface area contributed by atoms with Crippen molar-refractivity contribution in [1.29, 1.82) is 0 Å². The third kappa shape index (κ3) is 5.60.